The lowest BCUT2D eigenvalue weighted by Gasteiger charge is -2.16. The lowest BCUT2D eigenvalue weighted by Crippen LogP contribution is -2.20. The molecular weight excluding hydrogens is 274 g/mol. The van der Waals surface area contributed by atoms with Crippen LogP contribution in [0.25, 0.3) is 0 Å². The second kappa shape index (κ2) is 6.18. The van der Waals surface area contributed by atoms with Crippen LogP contribution in [0, 0.1) is 13.8 Å². The number of amides is 1. The van der Waals surface area contributed by atoms with E-state index in [1.807, 2.05) is 31.2 Å². The Morgan fingerprint density at radius 1 is 1.09 bits per heavy atom. The number of anilines is 2. The van der Waals surface area contributed by atoms with Gasteiger partial charge < -0.3 is 10.2 Å². The number of aromatic nitrogens is 1. The van der Waals surface area contributed by atoms with Crippen LogP contribution in [0.15, 0.2) is 36.5 Å². The average Bonchev–Trinajstić information content (AvgIpc) is 3.05. The minimum Gasteiger partial charge on any atom is -0.357 e. The fraction of sp³-hybridized carbons (Fsp3) is 0.333. The Morgan fingerprint density at radius 2 is 1.86 bits per heavy atom. The summed E-state index contributed by atoms with van der Waals surface area (Å²) in [5.41, 5.74) is 3.87. The van der Waals surface area contributed by atoms with Gasteiger partial charge in [-0.05, 0) is 62.1 Å². The third-order valence-corrected chi connectivity index (χ3v) is 4.20. The zero-order valence-corrected chi connectivity index (χ0v) is 13.1. The van der Waals surface area contributed by atoms with Crippen LogP contribution in [0.2, 0.25) is 0 Å². The van der Waals surface area contributed by atoms with Crippen LogP contribution < -0.4 is 10.2 Å². The number of rotatable bonds is 3. The molecule has 2 heterocycles. The van der Waals surface area contributed by atoms with E-state index in [0.29, 0.717) is 5.56 Å². The van der Waals surface area contributed by atoms with E-state index in [4.69, 9.17) is 0 Å². The van der Waals surface area contributed by atoms with Crippen LogP contribution in [0.1, 0.15) is 34.3 Å². The summed E-state index contributed by atoms with van der Waals surface area (Å²) in [4.78, 5) is 19.0. The van der Waals surface area contributed by atoms with Crippen molar-refractivity contribution in [1.82, 2.24) is 4.98 Å². The topological polar surface area (TPSA) is 45.2 Å². The molecule has 0 aliphatic carbocycles. The first-order valence-electron chi connectivity index (χ1n) is 7.73. The summed E-state index contributed by atoms with van der Waals surface area (Å²) in [7, 11) is 0. The molecule has 1 aromatic heterocycles. The molecule has 1 aliphatic heterocycles. The Morgan fingerprint density at radius 3 is 2.59 bits per heavy atom. The van der Waals surface area contributed by atoms with E-state index >= 15 is 0 Å². The summed E-state index contributed by atoms with van der Waals surface area (Å²) >= 11 is 0. The highest BCUT2D eigenvalue weighted by Crippen LogP contribution is 2.20. The average molecular weight is 295 g/mol. The van der Waals surface area contributed by atoms with Crippen molar-refractivity contribution in [3.05, 3.63) is 53.2 Å². The van der Waals surface area contributed by atoms with Crippen molar-refractivity contribution in [1.29, 1.82) is 0 Å². The van der Waals surface area contributed by atoms with Crippen LogP contribution in [0.3, 0.4) is 0 Å². The third kappa shape index (κ3) is 3.11. The molecule has 1 fully saturated rings. The van der Waals surface area contributed by atoms with Gasteiger partial charge in [0.2, 0.25) is 0 Å². The van der Waals surface area contributed by atoms with Crippen molar-refractivity contribution in [2.24, 2.45) is 0 Å². The van der Waals surface area contributed by atoms with Crippen molar-refractivity contribution in [3.8, 4) is 0 Å². The minimum absolute atomic E-state index is 0.0916. The SMILES string of the molecule is Cc1ccc(NC(=O)c2ccnc(N3CCCC3)c2)cc1C. The van der Waals surface area contributed by atoms with E-state index < -0.39 is 0 Å². The molecule has 0 spiro atoms. The van der Waals surface area contributed by atoms with E-state index in [9.17, 15) is 4.79 Å². The quantitative estimate of drug-likeness (QED) is 0.942. The number of hydrogen-bond donors (Lipinski definition) is 1. The maximum atomic E-state index is 12.4. The molecular formula is C18H21N3O. The fourth-order valence-corrected chi connectivity index (χ4v) is 2.70. The molecule has 0 saturated carbocycles. The van der Waals surface area contributed by atoms with Crippen LogP contribution in [-0.2, 0) is 0 Å². The fourth-order valence-electron chi connectivity index (χ4n) is 2.70. The van der Waals surface area contributed by atoms with E-state index in [0.717, 1.165) is 24.6 Å². The predicted octanol–water partition coefficient (Wildman–Crippen LogP) is 3.55. The lowest BCUT2D eigenvalue weighted by atomic mass is 10.1. The second-order valence-electron chi connectivity index (χ2n) is 5.85. The van der Waals surface area contributed by atoms with Crippen LogP contribution in [0.5, 0.6) is 0 Å². The van der Waals surface area contributed by atoms with Gasteiger partial charge in [-0.15, -0.1) is 0 Å². The zero-order valence-electron chi connectivity index (χ0n) is 13.1. The Hall–Kier alpha value is -2.36. The smallest absolute Gasteiger partial charge is 0.255 e. The summed E-state index contributed by atoms with van der Waals surface area (Å²) < 4.78 is 0. The largest absolute Gasteiger partial charge is 0.357 e. The van der Waals surface area contributed by atoms with Gasteiger partial charge in [0.05, 0.1) is 0 Å². The first-order valence-corrected chi connectivity index (χ1v) is 7.73. The van der Waals surface area contributed by atoms with Crippen LogP contribution >= 0.6 is 0 Å². The highest BCUT2D eigenvalue weighted by molar-refractivity contribution is 6.04. The number of carbonyl (C=O) groups excluding carboxylic acids is 1. The van der Waals surface area contributed by atoms with Gasteiger partial charge in [-0.2, -0.15) is 0 Å². The Kier molecular flexibility index (Phi) is 4.09. The molecule has 4 heteroatoms. The molecule has 22 heavy (non-hydrogen) atoms. The van der Waals surface area contributed by atoms with E-state index in [1.54, 1.807) is 12.3 Å². The Balaban J connectivity index is 1.76. The highest BCUT2D eigenvalue weighted by atomic mass is 16.1. The summed E-state index contributed by atoms with van der Waals surface area (Å²) in [6, 6.07) is 9.59. The Bertz CT molecular complexity index is 690. The van der Waals surface area contributed by atoms with Crippen molar-refractivity contribution >= 4 is 17.4 Å². The van der Waals surface area contributed by atoms with E-state index in [-0.39, 0.29) is 5.91 Å². The monoisotopic (exact) mass is 295 g/mol. The molecule has 2 aromatic rings. The molecule has 0 bridgehead atoms. The van der Waals surface area contributed by atoms with Gasteiger partial charge in [-0.1, -0.05) is 6.07 Å². The molecule has 1 N–H and O–H groups in total. The molecule has 114 valence electrons. The number of carbonyl (C=O) groups is 1. The normalized spacial score (nSPS) is 14.2. The van der Waals surface area contributed by atoms with E-state index in [2.05, 4.69) is 22.1 Å². The van der Waals surface area contributed by atoms with Crippen molar-refractivity contribution in [2.75, 3.05) is 23.3 Å². The predicted molar refractivity (Wildman–Crippen MR) is 89.6 cm³/mol. The van der Waals surface area contributed by atoms with Gasteiger partial charge >= 0.3 is 0 Å². The number of pyridine rings is 1. The second-order valence-corrected chi connectivity index (χ2v) is 5.85. The molecule has 1 aromatic carbocycles. The number of nitrogens with one attached hydrogen (secondary N) is 1. The summed E-state index contributed by atoms with van der Waals surface area (Å²) in [5, 5.41) is 2.96. The van der Waals surface area contributed by atoms with Crippen molar-refractivity contribution in [3.63, 3.8) is 0 Å². The zero-order chi connectivity index (χ0) is 15.5. The Labute approximate surface area is 131 Å². The number of aryl methyl sites for hydroxylation is 2. The minimum atomic E-state index is -0.0916. The van der Waals surface area contributed by atoms with Gasteiger partial charge in [-0.3, -0.25) is 4.79 Å². The first-order chi connectivity index (χ1) is 10.6. The third-order valence-electron chi connectivity index (χ3n) is 4.20. The van der Waals surface area contributed by atoms with Gasteiger partial charge in [0.1, 0.15) is 5.82 Å². The molecule has 3 rings (SSSR count). The van der Waals surface area contributed by atoms with Gasteiger partial charge in [-0.25, -0.2) is 4.98 Å². The standard InChI is InChI=1S/C18H21N3O/c1-13-5-6-16(11-14(13)2)20-18(22)15-7-8-19-17(12-15)21-9-3-4-10-21/h5-8,11-12H,3-4,9-10H2,1-2H3,(H,20,22). The number of benzene rings is 1. The molecule has 0 radical (unpaired) electrons. The van der Waals surface area contributed by atoms with Crippen molar-refractivity contribution in [2.45, 2.75) is 26.7 Å². The molecule has 0 atom stereocenters. The summed E-state index contributed by atoms with van der Waals surface area (Å²) in [5.74, 6) is 0.802. The lowest BCUT2D eigenvalue weighted by molar-refractivity contribution is 0.102. The van der Waals surface area contributed by atoms with Gasteiger partial charge in [0, 0.05) is 30.5 Å². The van der Waals surface area contributed by atoms with Gasteiger partial charge in [0.25, 0.3) is 5.91 Å². The maximum absolute atomic E-state index is 12.4. The number of hydrogen-bond acceptors (Lipinski definition) is 3. The van der Waals surface area contributed by atoms with Crippen LogP contribution in [0.4, 0.5) is 11.5 Å². The molecule has 0 unspecified atom stereocenters. The molecule has 1 saturated heterocycles. The van der Waals surface area contributed by atoms with Gasteiger partial charge in [0.15, 0.2) is 0 Å². The molecule has 1 amide bonds. The maximum Gasteiger partial charge on any atom is 0.255 e. The molecule has 1 aliphatic rings. The summed E-state index contributed by atoms with van der Waals surface area (Å²) in [6.07, 6.45) is 4.10. The molecule has 4 nitrogen and oxygen atoms in total. The summed E-state index contributed by atoms with van der Waals surface area (Å²) in [6.45, 7) is 6.15. The highest BCUT2D eigenvalue weighted by Gasteiger charge is 2.15. The first kappa shape index (κ1) is 14.6. The van der Waals surface area contributed by atoms with E-state index in [1.165, 1.54) is 24.0 Å². The number of nitrogens with zero attached hydrogens (tertiary/aromatic N) is 2. The van der Waals surface area contributed by atoms with Crippen molar-refractivity contribution < 1.29 is 4.79 Å². The van der Waals surface area contributed by atoms with Crippen LogP contribution in [-0.4, -0.2) is 24.0 Å².